The first-order valence-electron chi connectivity index (χ1n) is 8.39. The van der Waals surface area contributed by atoms with E-state index < -0.39 is 19.0 Å². The van der Waals surface area contributed by atoms with Gasteiger partial charge in [0.15, 0.2) is 5.75 Å². The lowest BCUT2D eigenvalue weighted by molar-refractivity contribution is -0.117. The van der Waals surface area contributed by atoms with Crippen LogP contribution in [0.15, 0.2) is 18.2 Å². The number of alkyl halides is 4. The molecule has 0 spiro atoms. The number of amides is 1. The predicted octanol–water partition coefficient (Wildman–Crippen LogP) is 3.85. The third kappa shape index (κ3) is 6.36. The summed E-state index contributed by atoms with van der Waals surface area (Å²) in [5, 5.41) is 5.76. The van der Waals surface area contributed by atoms with Crippen LogP contribution in [0.1, 0.15) is 26.2 Å². The number of rotatable bonds is 8. The number of anilines is 1. The fourth-order valence-corrected chi connectivity index (χ4v) is 3.05. The Kier molecular flexibility index (Phi) is 7.50. The van der Waals surface area contributed by atoms with Crippen molar-refractivity contribution >= 4 is 11.6 Å². The Labute approximate surface area is 149 Å². The van der Waals surface area contributed by atoms with Gasteiger partial charge in [0.2, 0.25) is 5.91 Å². The number of hydrogen-bond donors (Lipinski definition) is 2. The summed E-state index contributed by atoms with van der Waals surface area (Å²) in [4.78, 5) is 12.2. The van der Waals surface area contributed by atoms with E-state index in [1.165, 1.54) is 6.07 Å². The normalized spacial score (nSPS) is 16.6. The first-order chi connectivity index (χ1) is 12.3. The average Bonchev–Trinajstić information content (AvgIpc) is 2.57. The first kappa shape index (κ1) is 20.3. The zero-order valence-corrected chi connectivity index (χ0v) is 14.3. The van der Waals surface area contributed by atoms with Crippen molar-refractivity contribution in [3.8, 4) is 11.5 Å². The second-order valence-corrected chi connectivity index (χ2v) is 6.23. The topological polar surface area (TPSA) is 59.6 Å². The molecule has 2 N–H and O–H groups in total. The zero-order valence-electron chi connectivity index (χ0n) is 14.3. The Morgan fingerprint density at radius 3 is 2.46 bits per heavy atom. The van der Waals surface area contributed by atoms with Crippen LogP contribution in [0.25, 0.3) is 0 Å². The van der Waals surface area contributed by atoms with Gasteiger partial charge in [-0.05, 0) is 49.9 Å². The molecule has 26 heavy (non-hydrogen) atoms. The highest BCUT2D eigenvalue weighted by Gasteiger charge is 2.23. The minimum atomic E-state index is -3.17. The quantitative estimate of drug-likeness (QED) is 0.675. The van der Waals surface area contributed by atoms with E-state index in [-0.39, 0.29) is 29.7 Å². The second-order valence-electron chi connectivity index (χ2n) is 6.23. The molecule has 1 atom stereocenters. The zero-order chi connectivity index (χ0) is 19.1. The lowest BCUT2D eigenvalue weighted by Gasteiger charge is -2.28. The fourth-order valence-electron chi connectivity index (χ4n) is 3.05. The molecule has 0 bridgehead atoms. The number of piperidine rings is 1. The molecule has 1 heterocycles. The van der Waals surface area contributed by atoms with Crippen molar-refractivity contribution in [1.29, 1.82) is 0 Å². The number of carbonyl (C=O) groups is 1. The van der Waals surface area contributed by atoms with E-state index in [0.717, 1.165) is 38.1 Å². The smallest absolute Gasteiger partial charge is 0.387 e. The lowest BCUT2D eigenvalue weighted by atomic mass is 9.84. The van der Waals surface area contributed by atoms with Crippen molar-refractivity contribution in [3.05, 3.63) is 18.2 Å². The van der Waals surface area contributed by atoms with Crippen molar-refractivity contribution in [3.63, 3.8) is 0 Å². The van der Waals surface area contributed by atoms with E-state index in [2.05, 4.69) is 20.1 Å². The van der Waals surface area contributed by atoms with E-state index in [1.807, 2.05) is 6.92 Å². The molecule has 1 amide bonds. The summed E-state index contributed by atoms with van der Waals surface area (Å²) in [5.74, 6) is -0.561. The van der Waals surface area contributed by atoms with Crippen LogP contribution >= 0.6 is 0 Å². The van der Waals surface area contributed by atoms with E-state index in [4.69, 9.17) is 0 Å². The van der Waals surface area contributed by atoms with Gasteiger partial charge in [-0.2, -0.15) is 17.6 Å². The number of hydrogen-bond acceptors (Lipinski definition) is 4. The fraction of sp³-hybridized carbons (Fsp3) is 0.588. The molecule has 0 saturated carbocycles. The number of benzene rings is 1. The molecule has 1 unspecified atom stereocenters. The van der Waals surface area contributed by atoms with Gasteiger partial charge in [0, 0.05) is 12.5 Å². The average molecular weight is 378 g/mol. The number of ether oxygens (including phenoxy) is 2. The van der Waals surface area contributed by atoms with Crippen LogP contribution in [0.5, 0.6) is 11.5 Å². The molecule has 2 rings (SSSR count). The van der Waals surface area contributed by atoms with Crippen LogP contribution in [-0.2, 0) is 4.79 Å². The van der Waals surface area contributed by atoms with Crippen molar-refractivity contribution in [2.75, 3.05) is 18.4 Å². The first-order valence-corrected chi connectivity index (χ1v) is 8.39. The van der Waals surface area contributed by atoms with Crippen molar-refractivity contribution in [2.24, 2.45) is 11.8 Å². The van der Waals surface area contributed by atoms with Gasteiger partial charge in [0.25, 0.3) is 0 Å². The third-order valence-electron chi connectivity index (χ3n) is 4.36. The standard InChI is InChI=1S/C17H22F4N2O3/c1-10(11-4-6-22-7-5-11)8-15(24)23-13-3-2-12(25-16(18)19)9-14(13)26-17(20)21/h2-3,9-11,16-17,22H,4-8H2,1H3,(H,23,24). The molecule has 0 aliphatic carbocycles. The third-order valence-corrected chi connectivity index (χ3v) is 4.36. The van der Waals surface area contributed by atoms with Crippen molar-refractivity contribution in [2.45, 2.75) is 39.4 Å². The van der Waals surface area contributed by atoms with Gasteiger partial charge in [0.1, 0.15) is 5.75 Å². The predicted molar refractivity (Wildman–Crippen MR) is 87.7 cm³/mol. The summed E-state index contributed by atoms with van der Waals surface area (Å²) < 4.78 is 58.1. The van der Waals surface area contributed by atoms with Gasteiger partial charge < -0.3 is 20.1 Å². The molecule has 1 aliphatic rings. The van der Waals surface area contributed by atoms with E-state index >= 15 is 0 Å². The molecule has 1 aromatic rings. The van der Waals surface area contributed by atoms with Gasteiger partial charge in [-0.3, -0.25) is 4.79 Å². The minimum Gasteiger partial charge on any atom is -0.435 e. The maximum absolute atomic E-state index is 12.6. The molecule has 9 heteroatoms. The van der Waals surface area contributed by atoms with Crippen LogP contribution in [0.3, 0.4) is 0 Å². The van der Waals surface area contributed by atoms with E-state index in [1.54, 1.807) is 0 Å². The van der Waals surface area contributed by atoms with Crippen molar-refractivity contribution in [1.82, 2.24) is 5.32 Å². The summed E-state index contributed by atoms with van der Waals surface area (Å²) in [7, 11) is 0. The van der Waals surface area contributed by atoms with E-state index in [0.29, 0.717) is 5.92 Å². The van der Waals surface area contributed by atoms with Gasteiger partial charge >= 0.3 is 13.2 Å². The molecule has 146 valence electrons. The highest BCUT2D eigenvalue weighted by Crippen LogP contribution is 2.32. The van der Waals surface area contributed by atoms with Crippen LogP contribution in [0.4, 0.5) is 23.2 Å². The lowest BCUT2D eigenvalue weighted by Crippen LogP contribution is -2.32. The molecule has 0 radical (unpaired) electrons. The molecular formula is C17H22F4N2O3. The van der Waals surface area contributed by atoms with Gasteiger partial charge in [-0.1, -0.05) is 6.92 Å². The van der Waals surface area contributed by atoms with Crippen LogP contribution < -0.4 is 20.1 Å². The SMILES string of the molecule is CC(CC(=O)Nc1ccc(OC(F)F)cc1OC(F)F)C1CCNCC1. The van der Waals surface area contributed by atoms with Crippen molar-refractivity contribution < 1.29 is 31.8 Å². The van der Waals surface area contributed by atoms with Crippen LogP contribution in [0, 0.1) is 11.8 Å². The van der Waals surface area contributed by atoms with E-state index in [9.17, 15) is 22.4 Å². The Morgan fingerprint density at radius 1 is 1.19 bits per heavy atom. The van der Waals surface area contributed by atoms with Gasteiger partial charge in [-0.15, -0.1) is 0 Å². The molecule has 1 aromatic carbocycles. The Morgan fingerprint density at radius 2 is 1.85 bits per heavy atom. The minimum absolute atomic E-state index is 0.0190. The van der Waals surface area contributed by atoms with Crippen LogP contribution in [-0.4, -0.2) is 32.2 Å². The summed E-state index contributed by atoms with van der Waals surface area (Å²) in [5.41, 5.74) is -0.0190. The second kappa shape index (κ2) is 9.61. The molecule has 5 nitrogen and oxygen atoms in total. The molecule has 0 aromatic heterocycles. The Balaban J connectivity index is 2.02. The molecular weight excluding hydrogens is 356 g/mol. The number of carbonyl (C=O) groups excluding carboxylic acids is 1. The Hall–Kier alpha value is -2.03. The summed E-state index contributed by atoms with van der Waals surface area (Å²) >= 11 is 0. The largest absolute Gasteiger partial charge is 0.435 e. The number of halogens is 4. The van der Waals surface area contributed by atoms with Gasteiger partial charge in [-0.25, -0.2) is 0 Å². The highest BCUT2D eigenvalue weighted by molar-refractivity contribution is 5.92. The van der Waals surface area contributed by atoms with Gasteiger partial charge in [0.05, 0.1) is 5.69 Å². The van der Waals surface area contributed by atoms with Crippen LogP contribution in [0.2, 0.25) is 0 Å². The summed E-state index contributed by atoms with van der Waals surface area (Å²) in [6, 6.07) is 3.24. The molecule has 1 fully saturated rings. The maximum atomic E-state index is 12.6. The summed E-state index contributed by atoms with van der Waals surface area (Å²) in [6.45, 7) is -2.46. The molecule has 1 saturated heterocycles. The monoisotopic (exact) mass is 378 g/mol. The Bertz CT molecular complexity index is 595. The highest BCUT2D eigenvalue weighted by atomic mass is 19.3. The maximum Gasteiger partial charge on any atom is 0.387 e. The summed E-state index contributed by atoms with van der Waals surface area (Å²) in [6.07, 6.45) is 2.19. The number of nitrogens with one attached hydrogen (secondary N) is 2. The molecule has 1 aliphatic heterocycles.